The summed E-state index contributed by atoms with van der Waals surface area (Å²) in [7, 11) is -4.63. The second-order valence-corrected chi connectivity index (χ2v) is 21.6. The molecule has 1 spiro atoms. The summed E-state index contributed by atoms with van der Waals surface area (Å²) in [6.45, 7) is 3.50. The van der Waals surface area contributed by atoms with Crippen molar-refractivity contribution in [3.63, 3.8) is 0 Å². The number of amides is 1. The minimum atomic E-state index is -4.63. The number of carbonyl (C=O) groups excluding carboxylic acids is 1. The summed E-state index contributed by atoms with van der Waals surface area (Å²) in [4.78, 5) is 40.4. The number of nitro benzene ring substituents is 1. The Morgan fingerprint density at radius 1 is 0.915 bits per heavy atom. The molecule has 0 unspecified atom stereocenters. The van der Waals surface area contributed by atoms with E-state index >= 15 is 0 Å². The van der Waals surface area contributed by atoms with Crippen LogP contribution in [0.25, 0.3) is 11.0 Å². The van der Waals surface area contributed by atoms with E-state index in [0.29, 0.717) is 54.4 Å². The molecule has 1 amide bonds. The lowest BCUT2D eigenvalue weighted by Crippen LogP contribution is -2.55. The zero-order valence-corrected chi connectivity index (χ0v) is 39.8. The van der Waals surface area contributed by atoms with Gasteiger partial charge in [0.25, 0.3) is 21.6 Å². The van der Waals surface area contributed by atoms with E-state index in [0.717, 1.165) is 93.7 Å². The van der Waals surface area contributed by atoms with Crippen molar-refractivity contribution in [3.05, 3.63) is 100 Å². The zero-order chi connectivity index (χ0) is 49.1. The molecule has 5 aromatic rings. The number of hydrogen-bond acceptors (Lipinski definition) is 14. The van der Waals surface area contributed by atoms with E-state index in [9.17, 15) is 36.5 Å². The summed E-state index contributed by atoms with van der Waals surface area (Å²) in [5, 5.41) is 18.8. The van der Waals surface area contributed by atoms with Crippen molar-refractivity contribution in [2.75, 3.05) is 79.6 Å². The summed E-state index contributed by atoms with van der Waals surface area (Å²) in [5.74, 6) is -0.348. The highest BCUT2D eigenvalue weighted by Crippen LogP contribution is 2.55. The summed E-state index contributed by atoms with van der Waals surface area (Å²) in [6, 6.07) is 20.1. The molecular weight excluding hydrogens is 944 g/mol. The third-order valence-electron chi connectivity index (χ3n) is 15.5. The number of aromatic nitrogens is 2. The van der Waals surface area contributed by atoms with Crippen molar-refractivity contribution in [1.29, 1.82) is 0 Å². The number of rotatable bonds is 13. The Labute approximate surface area is 408 Å². The van der Waals surface area contributed by atoms with Crippen LogP contribution >= 0.6 is 0 Å². The maximum absolute atomic E-state index is 14.6. The standard InChI is InChI=1S/C50H56F3N9O8S/c51-50(52,53)30-56-38-5-2-1-4-36(38)40-6-3-17-60(40)34-25-49(26-34)14-18-59(19-15-49)33-7-9-37(41(23-33)61-43-22-32-11-16-54-46(32)57-48(43)70-45-29-69-28-44(45)61)47(63)58-71(66,67)35-8-10-39(42(24-35)62(64)65)55-27-31-12-20-68-21-13-31/h1-2,4-5,7-11,16,22-24,31,34,40,44-45,55-56H,3,6,12-15,17-21,25-30H2,(H,54,57)(H,58,63)/t40-,44+,45+/m0/s1. The number of halogens is 3. The van der Waals surface area contributed by atoms with Crippen molar-refractivity contribution in [1.82, 2.24) is 19.6 Å². The molecule has 7 heterocycles. The van der Waals surface area contributed by atoms with Crippen molar-refractivity contribution in [2.45, 2.75) is 86.7 Å². The first-order chi connectivity index (χ1) is 34.2. The fourth-order valence-electron chi connectivity index (χ4n) is 11.8. The third kappa shape index (κ3) is 9.44. The molecule has 21 heteroatoms. The first-order valence-electron chi connectivity index (χ1n) is 24.4. The van der Waals surface area contributed by atoms with Crippen molar-refractivity contribution in [2.24, 2.45) is 11.3 Å². The second-order valence-electron chi connectivity index (χ2n) is 19.9. The Morgan fingerprint density at radius 3 is 2.51 bits per heavy atom. The number of alkyl halides is 3. The molecule has 3 atom stereocenters. The summed E-state index contributed by atoms with van der Waals surface area (Å²) < 4.78 is 87.7. The van der Waals surface area contributed by atoms with E-state index in [1.54, 1.807) is 24.4 Å². The van der Waals surface area contributed by atoms with Crippen LogP contribution in [0.5, 0.6) is 5.88 Å². The Morgan fingerprint density at radius 2 is 1.72 bits per heavy atom. The maximum Gasteiger partial charge on any atom is 0.405 e. The van der Waals surface area contributed by atoms with Gasteiger partial charge >= 0.3 is 6.18 Å². The van der Waals surface area contributed by atoms with E-state index < -0.39 is 56.3 Å². The molecule has 1 saturated carbocycles. The fraction of sp³-hybridized carbons (Fsp3) is 0.480. The Hall–Kier alpha value is -6.16. The molecule has 5 fully saturated rings. The van der Waals surface area contributed by atoms with Crippen LogP contribution in [-0.2, 0) is 19.5 Å². The van der Waals surface area contributed by atoms with Gasteiger partial charge in [0, 0.05) is 74.0 Å². The molecule has 3 aromatic carbocycles. The number of nitro groups is 1. The molecule has 1 aliphatic carbocycles. The number of benzene rings is 3. The smallest absolute Gasteiger partial charge is 0.405 e. The summed E-state index contributed by atoms with van der Waals surface area (Å²) in [6.07, 6.45) is 4.33. The minimum Gasteiger partial charge on any atom is -0.468 e. The van der Waals surface area contributed by atoms with E-state index in [1.807, 2.05) is 41.3 Å². The predicted molar refractivity (Wildman–Crippen MR) is 260 cm³/mol. The Balaban J connectivity index is 0.848. The van der Waals surface area contributed by atoms with Crippen molar-refractivity contribution < 1.29 is 45.5 Å². The lowest BCUT2D eigenvalue weighted by atomic mass is 9.59. The van der Waals surface area contributed by atoms with E-state index in [4.69, 9.17) is 19.2 Å². The molecule has 17 nitrogen and oxygen atoms in total. The van der Waals surface area contributed by atoms with Crippen LogP contribution in [-0.4, -0.2) is 118 Å². The van der Waals surface area contributed by atoms with Crippen molar-refractivity contribution in [3.8, 4) is 5.88 Å². The van der Waals surface area contributed by atoms with Gasteiger partial charge in [0.05, 0.1) is 40.3 Å². The van der Waals surface area contributed by atoms with Gasteiger partial charge in [-0.1, -0.05) is 18.2 Å². The van der Waals surface area contributed by atoms with Crippen LogP contribution in [0.3, 0.4) is 0 Å². The zero-order valence-electron chi connectivity index (χ0n) is 39.0. The quantitative estimate of drug-likeness (QED) is 0.0650. The first-order valence-corrected chi connectivity index (χ1v) is 25.9. The minimum absolute atomic E-state index is 0.0471. The molecule has 4 N–H and O–H groups in total. The van der Waals surface area contributed by atoms with Gasteiger partial charge in [-0.15, -0.1) is 0 Å². The normalized spacial score (nSPS) is 22.7. The molecule has 2 aromatic heterocycles. The van der Waals surface area contributed by atoms with Gasteiger partial charge in [-0.05, 0) is 123 Å². The number of pyridine rings is 1. The topological polar surface area (TPSA) is 197 Å². The number of para-hydroxylation sites is 1. The molecule has 0 bridgehead atoms. The van der Waals surface area contributed by atoms with Gasteiger partial charge in [-0.2, -0.15) is 18.2 Å². The van der Waals surface area contributed by atoms with Gasteiger partial charge in [0.15, 0.2) is 0 Å². The lowest BCUT2D eigenvalue weighted by Gasteiger charge is -2.56. The number of H-pyrrole nitrogens is 1. The third-order valence-corrected chi connectivity index (χ3v) is 16.9. The molecule has 0 radical (unpaired) electrons. The van der Waals surface area contributed by atoms with Crippen LogP contribution in [0.4, 0.5) is 47.3 Å². The van der Waals surface area contributed by atoms with Gasteiger partial charge in [-0.3, -0.25) is 19.8 Å². The number of anilines is 5. The summed E-state index contributed by atoms with van der Waals surface area (Å²) in [5.41, 5.74) is 3.82. The highest BCUT2D eigenvalue weighted by atomic mass is 32.2. The largest absolute Gasteiger partial charge is 0.468 e. The van der Waals surface area contributed by atoms with Crippen LogP contribution < -0.4 is 29.9 Å². The molecule has 4 saturated heterocycles. The SMILES string of the molecule is O=C(NS(=O)(=O)c1ccc(NCC2CCOCC2)c([N+](=O)[O-])c1)c1ccc(N2CCC3(CC2)CC(N2CCC[C@H]2c2ccccc2NCC(F)(F)F)C3)cc1N1c2cc3cc[nH]c3nc2O[C@@H]2COC[C@H]21. The molecule has 6 aliphatic rings. The van der Waals surface area contributed by atoms with Crippen LogP contribution in [0.2, 0.25) is 0 Å². The number of fused-ring (bicyclic) bond motifs is 3. The number of ether oxygens (including phenoxy) is 3. The molecule has 71 heavy (non-hydrogen) atoms. The van der Waals surface area contributed by atoms with Gasteiger partial charge < -0.3 is 39.6 Å². The average molecular weight is 1000 g/mol. The van der Waals surface area contributed by atoms with Crippen LogP contribution in [0.15, 0.2) is 83.9 Å². The van der Waals surface area contributed by atoms with Gasteiger partial charge in [0.2, 0.25) is 5.88 Å². The summed E-state index contributed by atoms with van der Waals surface area (Å²) >= 11 is 0. The molecule has 5 aliphatic heterocycles. The molecular formula is C50H56F3N9O8S. The number of likely N-dealkylation sites (tertiary alicyclic amines) is 1. The lowest BCUT2D eigenvalue weighted by molar-refractivity contribution is -0.384. The first kappa shape index (κ1) is 47.2. The van der Waals surface area contributed by atoms with E-state index in [-0.39, 0.29) is 41.8 Å². The second kappa shape index (κ2) is 18.8. The number of hydrogen-bond donors (Lipinski definition) is 4. The van der Waals surface area contributed by atoms with Crippen LogP contribution in [0, 0.1) is 21.4 Å². The van der Waals surface area contributed by atoms with Crippen LogP contribution in [0.1, 0.15) is 73.3 Å². The monoisotopic (exact) mass is 999 g/mol. The predicted octanol–water partition coefficient (Wildman–Crippen LogP) is 8.29. The number of piperidine rings is 1. The molecule has 376 valence electrons. The van der Waals surface area contributed by atoms with E-state index in [1.165, 1.54) is 12.1 Å². The number of nitrogens with one attached hydrogen (secondary N) is 4. The van der Waals surface area contributed by atoms with Gasteiger partial charge in [-0.25, -0.2) is 13.1 Å². The molecule has 11 rings (SSSR count). The maximum atomic E-state index is 14.6. The fourth-order valence-corrected chi connectivity index (χ4v) is 12.8. The Bertz CT molecular complexity index is 2930. The van der Waals surface area contributed by atoms with E-state index in [2.05, 4.69) is 30.1 Å². The Kier molecular flexibility index (Phi) is 12.5. The number of nitrogens with zero attached hydrogens (tertiary/aromatic N) is 5. The number of sulfonamides is 1. The van der Waals surface area contributed by atoms with Gasteiger partial charge in [0.1, 0.15) is 29.7 Å². The number of aromatic amines is 1. The highest BCUT2D eigenvalue weighted by Gasteiger charge is 2.50. The van der Waals surface area contributed by atoms with Crippen molar-refractivity contribution >= 4 is 61.1 Å². The average Bonchev–Trinajstić information content (AvgIpc) is 4.15. The highest BCUT2D eigenvalue weighted by molar-refractivity contribution is 7.90. The number of carbonyl (C=O) groups is 1.